The zero-order valence-electron chi connectivity index (χ0n) is 19.6. The Bertz CT molecular complexity index is 1250. The summed E-state index contributed by atoms with van der Waals surface area (Å²) < 4.78 is 16.9. The molecule has 0 saturated heterocycles. The second-order valence-corrected chi connectivity index (χ2v) is 8.50. The van der Waals surface area contributed by atoms with Crippen LogP contribution in [0, 0.1) is 0 Å². The Balaban J connectivity index is 1.67. The monoisotopic (exact) mass is 456 g/mol. The summed E-state index contributed by atoms with van der Waals surface area (Å²) in [5.41, 5.74) is 5.52. The van der Waals surface area contributed by atoms with Crippen LogP contribution in [0.1, 0.15) is 35.9 Å². The first-order valence-corrected chi connectivity index (χ1v) is 11.4. The molecule has 0 radical (unpaired) electrons. The maximum absolute atomic E-state index is 13.7. The van der Waals surface area contributed by atoms with Crippen LogP contribution in [0.3, 0.4) is 0 Å². The number of allylic oxidation sites excluding steroid dienone is 1. The fourth-order valence-corrected chi connectivity index (χ4v) is 5.04. The summed E-state index contributed by atoms with van der Waals surface area (Å²) >= 11 is 0. The molecule has 5 rings (SSSR count). The minimum atomic E-state index is -0.412. The molecule has 3 aromatic carbocycles. The maximum atomic E-state index is 13.7. The standard InChI is InChI=1S/C28H28N2O4/c1-32-24-14-13-19(27(33-2)28(24)34-3)26-25-22(29-20-11-7-8-12-21(20)30-26)15-18(16-23(25)31)17-9-5-4-6-10-17/h4-14,18,26,29-30H,15-16H2,1-3H3/t18-,26-/m1/s1. The molecular weight excluding hydrogens is 428 g/mol. The topological polar surface area (TPSA) is 68.8 Å². The van der Waals surface area contributed by atoms with Gasteiger partial charge in [-0.05, 0) is 42.2 Å². The highest BCUT2D eigenvalue weighted by molar-refractivity contribution is 6.01. The summed E-state index contributed by atoms with van der Waals surface area (Å²) in [6.07, 6.45) is 1.20. The van der Waals surface area contributed by atoms with E-state index in [4.69, 9.17) is 14.2 Å². The van der Waals surface area contributed by atoms with Gasteiger partial charge in [0.2, 0.25) is 5.75 Å². The van der Waals surface area contributed by atoms with Crippen LogP contribution in [-0.2, 0) is 4.79 Å². The number of anilines is 2. The van der Waals surface area contributed by atoms with Gasteiger partial charge in [0.1, 0.15) is 0 Å². The number of nitrogens with one attached hydrogen (secondary N) is 2. The lowest BCUT2D eigenvalue weighted by Crippen LogP contribution is -2.27. The number of benzene rings is 3. The van der Waals surface area contributed by atoms with Gasteiger partial charge in [0.25, 0.3) is 0 Å². The number of fused-ring (bicyclic) bond motifs is 1. The second kappa shape index (κ2) is 9.14. The van der Waals surface area contributed by atoms with Crippen LogP contribution in [-0.4, -0.2) is 27.1 Å². The fourth-order valence-electron chi connectivity index (χ4n) is 5.04. The van der Waals surface area contributed by atoms with Crippen LogP contribution >= 0.6 is 0 Å². The molecular formula is C28H28N2O4. The summed E-state index contributed by atoms with van der Waals surface area (Å²) in [5.74, 6) is 1.86. The minimum absolute atomic E-state index is 0.116. The van der Waals surface area contributed by atoms with Crippen molar-refractivity contribution < 1.29 is 19.0 Å². The quantitative estimate of drug-likeness (QED) is 0.514. The van der Waals surface area contributed by atoms with Gasteiger partial charge in [-0.2, -0.15) is 0 Å². The SMILES string of the molecule is COc1ccc([C@H]2Nc3ccccc3NC3=C2C(=O)C[C@H](c2ccccc2)C3)c(OC)c1OC. The molecule has 2 N–H and O–H groups in total. The number of hydrogen-bond acceptors (Lipinski definition) is 6. The second-order valence-electron chi connectivity index (χ2n) is 8.50. The Morgan fingerprint density at radius 2 is 1.47 bits per heavy atom. The number of rotatable bonds is 5. The third kappa shape index (κ3) is 3.75. The van der Waals surface area contributed by atoms with Crippen molar-refractivity contribution in [1.29, 1.82) is 0 Å². The summed E-state index contributed by atoms with van der Waals surface area (Å²) in [4.78, 5) is 13.7. The molecule has 3 aromatic rings. The first-order valence-electron chi connectivity index (χ1n) is 11.4. The molecule has 0 amide bonds. The third-order valence-electron chi connectivity index (χ3n) is 6.63. The van der Waals surface area contributed by atoms with E-state index in [1.165, 1.54) is 5.56 Å². The normalized spacial score (nSPS) is 19.2. The van der Waals surface area contributed by atoms with Crippen LogP contribution < -0.4 is 24.8 Å². The number of ether oxygens (including phenoxy) is 3. The van der Waals surface area contributed by atoms with E-state index in [2.05, 4.69) is 22.8 Å². The van der Waals surface area contributed by atoms with E-state index < -0.39 is 6.04 Å². The molecule has 174 valence electrons. The van der Waals surface area contributed by atoms with E-state index in [9.17, 15) is 4.79 Å². The van der Waals surface area contributed by atoms with E-state index >= 15 is 0 Å². The lowest BCUT2D eigenvalue weighted by atomic mass is 9.78. The van der Waals surface area contributed by atoms with E-state index in [1.54, 1.807) is 21.3 Å². The first-order chi connectivity index (χ1) is 16.6. The molecule has 0 saturated carbocycles. The van der Waals surface area contributed by atoms with Crippen LogP contribution in [0.5, 0.6) is 17.2 Å². The van der Waals surface area contributed by atoms with E-state index in [0.29, 0.717) is 23.7 Å². The molecule has 0 aromatic heterocycles. The number of carbonyl (C=O) groups is 1. The van der Waals surface area contributed by atoms with Crippen molar-refractivity contribution in [2.24, 2.45) is 0 Å². The molecule has 1 heterocycles. The van der Waals surface area contributed by atoms with Crippen LogP contribution in [0.4, 0.5) is 11.4 Å². The smallest absolute Gasteiger partial charge is 0.203 e. The van der Waals surface area contributed by atoms with Gasteiger partial charge < -0.3 is 24.8 Å². The molecule has 34 heavy (non-hydrogen) atoms. The van der Waals surface area contributed by atoms with Crippen LogP contribution in [0.2, 0.25) is 0 Å². The Hall–Kier alpha value is -3.93. The van der Waals surface area contributed by atoms with Gasteiger partial charge in [-0.25, -0.2) is 0 Å². The number of methoxy groups -OCH3 is 3. The molecule has 2 aliphatic rings. The molecule has 0 spiro atoms. The molecule has 1 aliphatic carbocycles. The highest BCUT2D eigenvalue weighted by Crippen LogP contribution is 2.49. The van der Waals surface area contributed by atoms with Gasteiger partial charge in [0.15, 0.2) is 17.3 Å². The number of Topliss-reactive ketones (excluding diaryl/α,β-unsaturated/α-hetero) is 1. The average Bonchev–Trinajstić information content (AvgIpc) is 3.05. The fraction of sp³-hybridized carbons (Fsp3) is 0.250. The molecule has 6 heteroatoms. The van der Waals surface area contributed by atoms with E-state index in [-0.39, 0.29) is 11.7 Å². The van der Waals surface area contributed by atoms with Crippen molar-refractivity contribution in [2.75, 3.05) is 32.0 Å². The largest absolute Gasteiger partial charge is 0.493 e. The molecule has 6 nitrogen and oxygen atoms in total. The highest BCUT2D eigenvalue weighted by atomic mass is 16.5. The average molecular weight is 457 g/mol. The van der Waals surface area contributed by atoms with E-state index in [1.807, 2.05) is 54.6 Å². The summed E-state index contributed by atoms with van der Waals surface area (Å²) in [7, 11) is 4.78. The first kappa shape index (κ1) is 21.9. The molecule has 2 atom stereocenters. The number of ketones is 1. The van der Waals surface area contributed by atoms with Gasteiger partial charge in [0.05, 0.1) is 38.7 Å². The van der Waals surface area contributed by atoms with Crippen molar-refractivity contribution in [3.63, 3.8) is 0 Å². The zero-order valence-corrected chi connectivity index (χ0v) is 19.6. The molecule has 0 bridgehead atoms. The number of carbonyl (C=O) groups excluding carboxylic acids is 1. The summed E-state index contributed by atoms with van der Waals surface area (Å²) in [5, 5.41) is 7.19. The van der Waals surface area contributed by atoms with Gasteiger partial charge in [0, 0.05) is 23.3 Å². The van der Waals surface area contributed by atoms with Crippen LogP contribution in [0.25, 0.3) is 0 Å². The highest BCUT2D eigenvalue weighted by Gasteiger charge is 2.37. The Morgan fingerprint density at radius 1 is 0.765 bits per heavy atom. The zero-order chi connectivity index (χ0) is 23.7. The third-order valence-corrected chi connectivity index (χ3v) is 6.63. The Kier molecular flexibility index (Phi) is 5.88. The molecule has 1 aliphatic heterocycles. The van der Waals surface area contributed by atoms with Gasteiger partial charge in [-0.15, -0.1) is 0 Å². The van der Waals surface area contributed by atoms with Crippen LogP contribution in [0.15, 0.2) is 78.0 Å². The Morgan fingerprint density at radius 3 is 2.18 bits per heavy atom. The van der Waals surface area contributed by atoms with Crippen molar-refractivity contribution >= 4 is 17.2 Å². The van der Waals surface area contributed by atoms with Gasteiger partial charge in [-0.3, -0.25) is 4.79 Å². The lowest BCUT2D eigenvalue weighted by molar-refractivity contribution is -0.116. The lowest BCUT2D eigenvalue weighted by Gasteiger charge is -2.30. The van der Waals surface area contributed by atoms with Gasteiger partial charge in [-0.1, -0.05) is 42.5 Å². The number of para-hydroxylation sites is 2. The van der Waals surface area contributed by atoms with Crippen molar-refractivity contribution in [2.45, 2.75) is 24.8 Å². The Labute approximate surface area is 199 Å². The van der Waals surface area contributed by atoms with Crippen molar-refractivity contribution in [3.8, 4) is 17.2 Å². The predicted molar refractivity (Wildman–Crippen MR) is 133 cm³/mol. The summed E-state index contributed by atoms with van der Waals surface area (Å²) in [6.45, 7) is 0. The predicted octanol–water partition coefficient (Wildman–Crippen LogP) is 5.69. The minimum Gasteiger partial charge on any atom is -0.493 e. The van der Waals surface area contributed by atoms with E-state index in [0.717, 1.165) is 34.6 Å². The van der Waals surface area contributed by atoms with Crippen molar-refractivity contribution in [1.82, 2.24) is 0 Å². The van der Waals surface area contributed by atoms with Gasteiger partial charge >= 0.3 is 0 Å². The molecule has 0 unspecified atom stereocenters. The number of hydrogen-bond donors (Lipinski definition) is 2. The molecule has 0 fully saturated rings. The summed E-state index contributed by atoms with van der Waals surface area (Å²) in [6, 6.07) is 21.6. The maximum Gasteiger partial charge on any atom is 0.203 e. The van der Waals surface area contributed by atoms with Crippen molar-refractivity contribution in [3.05, 3.63) is 89.1 Å².